The minimum atomic E-state index is 0.154. The number of rotatable bonds is 6. The third-order valence-corrected chi connectivity index (χ3v) is 3.58. The van der Waals surface area contributed by atoms with Gasteiger partial charge in [-0.15, -0.1) is 0 Å². The first-order valence-corrected chi connectivity index (χ1v) is 7.34. The van der Waals surface area contributed by atoms with Crippen molar-refractivity contribution in [1.82, 2.24) is 15.2 Å². The molecule has 0 unspecified atom stereocenters. The molecule has 0 aliphatic rings. The second kappa shape index (κ2) is 7.18. The van der Waals surface area contributed by atoms with Gasteiger partial charge in [0.1, 0.15) is 0 Å². The number of nitrogens with zero attached hydrogens (tertiary/aromatic N) is 2. The Morgan fingerprint density at radius 2 is 2.05 bits per heavy atom. The van der Waals surface area contributed by atoms with Crippen LogP contribution in [0.5, 0.6) is 0 Å². The normalized spacial score (nSPS) is 12.3. The van der Waals surface area contributed by atoms with Gasteiger partial charge in [-0.25, -0.2) is 0 Å². The highest BCUT2D eigenvalue weighted by Crippen LogP contribution is 2.16. The van der Waals surface area contributed by atoms with Gasteiger partial charge in [0.25, 0.3) is 0 Å². The Morgan fingerprint density at radius 3 is 2.81 bits per heavy atom. The van der Waals surface area contributed by atoms with Gasteiger partial charge in [0.15, 0.2) is 0 Å². The summed E-state index contributed by atoms with van der Waals surface area (Å²) in [6.45, 7) is 2.89. The fourth-order valence-electron chi connectivity index (χ4n) is 2.34. The molecule has 1 atom stereocenters. The van der Waals surface area contributed by atoms with E-state index in [9.17, 15) is 4.79 Å². The van der Waals surface area contributed by atoms with Crippen LogP contribution in [0.1, 0.15) is 18.9 Å². The van der Waals surface area contributed by atoms with Crippen LogP contribution in [-0.2, 0) is 11.2 Å². The third-order valence-electron chi connectivity index (χ3n) is 3.58. The van der Waals surface area contributed by atoms with Crippen molar-refractivity contribution in [2.24, 2.45) is 0 Å². The first-order chi connectivity index (χ1) is 10.1. The Morgan fingerprint density at radius 1 is 1.29 bits per heavy atom. The molecule has 0 fully saturated rings. The summed E-state index contributed by atoms with van der Waals surface area (Å²) in [7, 11) is 3.58. The molecule has 0 bridgehead atoms. The summed E-state index contributed by atoms with van der Waals surface area (Å²) in [6, 6.07) is 10.5. The number of benzene rings is 1. The van der Waals surface area contributed by atoms with E-state index in [1.54, 1.807) is 19.0 Å². The highest BCUT2D eigenvalue weighted by atomic mass is 16.2. The van der Waals surface area contributed by atoms with Gasteiger partial charge in [0, 0.05) is 38.1 Å². The largest absolute Gasteiger partial charge is 0.349 e. The number of fused-ring (bicyclic) bond motifs is 1. The summed E-state index contributed by atoms with van der Waals surface area (Å²) in [5.41, 5.74) is 2.31. The molecule has 112 valence electrons. The summed E-state index contributed by atoms with van der Waals surface area (Å²) in [5.74, 6) is 0.154. The van der Waals surface area contributed by atoms with E-state index in [4.69, 9.17) is 0 Å². The zero-order chi connectivity index (χ0) is 15.2. The van der Waals surface area contributed by atoms with Crippen molar-refractivity contribution in [3.05, 3.63) is 42.1 Å². The maximum absolute atomic E-state index is 11.6. The molecule has 1 amide bonds. The average Bonchev–Trinajstić information content (AvgIpc) is 2.47. The van der Waals surface area contributed by atoms with Gasteiger partial charge in [0.2, 0.25) is 5.91 Å². The molecule has 1 aromatic carbocycles. The van der Waals surface area contributed by atoms with Gasteiger partial charge in [-0.1, -0.05) is 24.3 Å². The second-order valence-corrected chi connectivity index (χ2v) is 5.59. The number of hydrogen-bond acceptors (Lipinski definition) is 3. The van der Waals surface area contributed by atoms with Crippen LogP contribution in [0.25, 0.3) is 10.9 Å². The highest BCUT2D eigenvalue weighted by molar-refractivity contribution is 5.81. The zero-order valence-corrected chi connectivity index (χ0v) is 13.0. The van der Waals surface area contributed by atoms with E-state index in [1.807, 2.05) is 19.2 Å². The lowest BCUT2D eigenvalue weighted by Crippen LogP contribution is -2.34. The molecule has 1 heterocycles. The van der Waals surface area contributed by atoms with Crippen LogP contribution in [-0.4, -0.2) is 42.5 Å². The van der Waals surface area contributed by atoms with Crippen LogP contribution >= 0.6 is 0 Å². The van der Waals surface area contributed by atoms with Crippen LogP contribution in [0.3, 0.4) is 0 Å². The molecule has 2 rings (SSSR count). The predicted molar refractivity (Wildman–Crippen MR) is 86.2 cm³/mol. The maximum Gasteiger partial charge on any atom is 0.223 e. The molecule has 2 aromatic rings. The molecule has 0 aliphatic carbocycles. The average molecular weight is 285 g/mol. The fourth-order valence-corrected chi connectivity index (χ4v) is 2.34. The monoisotopic (exact) mass is 285 g/mol. The van der Waals surface area contributed by atoms with Crippen LogP contribution in [0.4, 0.5) is 0 Å². The van der Waals surface area contributed by atoms with E-state index < -0.39 is 0 Å². The molecular formula is C17H23N3O. The minimum absolute atomic E-state index is 0.154. The summed E-state index contributed by atoms with van der Waals surface area (Å²) < 4.78 is 0. The molecule has 1 N–H and O–H groups in total. The van der Waals surface area contributed by atoms with Gasteiger partial charge in [-0.3, -0.25) is 9.78 Å². The van der Waals surface area contributed by atoms with Crippen LogP contribution in [0.15, 0.2) is 36.5 Å². The number of pyridine rings is 1. The number of carbonyl (C=O) groups excluding carboxylic acids is 1. The van der Waals surface area contributed by atoms with E-state index in [0.717, 1.165) is 18.5 Å². The van der Waals surface area contributed by atoms with Crippen molar-refractivity contribution in [3.8, 4) is 0 Å². The molecule has 4 heteroatoms. The summed E-state index contributed by atoms with van der Waals surface area (Å²) in [5, 5.41) is 4.58. The number of nitrogens with one attached hydrogen (secondary N) is 1. The topological polar surface area (TPSA) is 45.2 Å². The van der Waals surface area contributed by atoms with Gasteiger partial charge < -0.3 is 10.2 Å². The van der Waals surface area contributed by atoms with E-state index in [0.29, 0.717) is 6.42 Å². The van der Waals surface area contributed by atoms with Crippen molar-refractivity contribution in [2.75, 3.05) is 20.6 Å². The molecular weight excluding hydrogens is 262 g/mol. The Kier molecular flexibility index (Phi) is 5.28. The second-order valence-electron chi connectivity index (χ2n) is 5.59. The van der Waals surface area contributed by atoms with Gasteiger partial charge in [-0.2, -0.15) is 0 Å². The minimum Gasteiger partial charge on any atom is -0.349 e. The van der Waals surface area contributed by atoms with Crippen LogP contribution in [0.2, 0.25) is 0 Å². The van der Waals surface area contributed by atoms with Crippen LogP contribution < -0.4 is 5.32 Å². The molecule has 0 saturated carbocycles. The fraction of sp³-hybridized carbons (Fsp3) is 0.412. The van der Waals surface area contributed by atoms with Crippen molar-refractivity contribution in [3.63, 3.8) is 0 Å². The van der Waals surface area contributed by atoms with Crippen LogP contribution in [0, 0.1) is 0 Å². The summed E-state index contributed by atoms with van der Waals surface area (Å²) >= 11 is 0. The molecule has 0 aliphatic heterocycles. The Balaban J connectivity index is 1.89. The van der Waals surface area contributed by atoms with E-state index in [2.05, 4.69) is 34.6 Å². The molecule has 0 radical (unpaired) electrons. The molecule has 4 nitrogen and oxygen atoms in total. The number of aromatic nitrogens is 1. The first-order valence-electron chi connectivity index (χ1n) is 7.34. The lowest BCUT2D eigenvalue weighted by molar-refractivity contribution is -0.129. The maximum atomic E-state index is 11.6. The number of amides is 1. The van der Waals surface area contributed by atoms with E-state index in [1.165, 1.54) is 10.9 Å². The van der Waals surface area contributed by atoms with Gasteiger partial charge in [0.05, 0.1) is 5.52 Å². The Hall–Kier alpha value is -1.94. The van der Waals surface area contributed by atoms with Crippen molar-refractivity contribution in [2.45, 2.75) is 25.8 Å². The highest BCUT2D eigenvalue weighted by Gasteiger charge is 2.10. The molecule has 1 aromatic heterocycles. The van der Waals surface area contributed by atoms with Crippen molar-refractivity contribution in [1.29, 1.82) is 0 Å². The lowest BCUT2D eigenvalue weighted by Gasteiger charge is -2.16. The Bertz CT molecular complexity index is 605. The molecule has 21 heavy (non-hydrogen) atoms. The van der Waals surface area contributed by atoms with E-state index >= 15 is 0 Å². The smallest absolute Gasteiger partial charge is 0.223 e. The standard InChI is InChI=1S/C17H23N3O/c1-13(12-16(21)20(2)3)18-11-9-15-7-4-6-14-8-5-10-19-17(14)15/h4-8,10,13,18H,9,11-12H2,1-3H3/t13-/m1/s1. The number of carbonyl (C=O) groups is 1. The quantitative estimate of drug-likeness (QED) is 0.885. The number of para-hydroxylation sites is 1. The summed E-state index contributed by atoms with van der Waals surface area (Å²) in [6.07, 6.45) is 3.27. The van der Waals surface area contributed by atoms with Gasteiger partial charge in [-0.05, 0) is 31.5 Å². The first kappa shape index (κ1) is 15.4. The lowest BCUT2D eigenvalue weighted by atomic mass is 10.1. The Labute approximate surface area is 126 Å². The van der Waals surface area contributed by atoms with Gasteiger partial charge >= 0.3 is 0 Å². The number of hydrogen-bond donors (Lipinski definition) is 1. The SMILES string of the molecule is C[C@H](CC(=O)N(C)C)NCCc1cccc2cccnc12. The molecule has 0 spiro atoms. The summed E-state index contributed by atoms with van der Waals surface area (Å²) in [4.78, 5) is 17.7. The van der Waals surface area contributed by atoms with Crippen molar-refractivity contribution >= 4 is 16.8 Å². The van der Waals surface area contributed by atoms with Crippen molar-refractivity contribution < 1.29 is 4.79 Å². The van der Waals surface area contributed by atoms with E-state index in [-0.39, 0.29) is 11.9 Å². The predicted octanol–water partition coefficient (Wildman–Crippen LogP) is 2.23. The zero-order valence-electron chi connectivity index (χ0n) is 13.0. The molecule has 0 saturated heterocycles. The third kappa shape index (κ3) is 4.26.